The maximum absolute atomic E-state index is 14.4. The van der Waals surface area contributed by atoms with Crippen molar-refractivity contribution in [2.45, 2.75) is 95.5 Å². The number of nitro benzene ring substituents is 2. The van der Waals surface area contributed by atoms with E-state index in [9.17, 15) is 35.2 Å². The Morgan fingerprint density at radius 1 is 0.968 bits per heavy atom. The molecule has 3 aromatic carbocycles. The van der Waals surface area contributed by atoms with E-state index in [1.54, 1.807) is 36.4 Å². The molecular weight excluding hydrogens is 797 g/mol. The Labute approximate surface area is 361 Å². The van der Waals surface area contributed by atoms with Gasteiger partial charge in [-0.2, -0.15) is 0 Å². The number of carbonyl (C=O) groups excluding carboxylic acids is 1. The summed E-state index contributed by atoms with van der Waals surface area (Å²) in [6.07, 6.45) is 10.8. The lowest BCUT2D eigenvalue weighted by Crippen LogP contribution is -2.70. The molecular formula is C47H56N4O11. The maximum atomic E-state index is 14.4. The quantitative estimate of drug-likeness (QED) is 0.0424. The fraction of sp³-hybridized carbons (Fsp3) is 0.489. The number of ether oxygens (including phenoxy) is 3. The van der Waals surface area contributed by atoms with Crippen molar-refractivity contribution >= 4 is 23.0 Å². The molecule has 3 aliphatic carbocycles. The summed E-state index contributed by atoms with van der Waals surface area (Å²) in [4.78, 5) is 44.5. The predicted octanol–water partition coefficient (Wildman–Crippen LogP) is 8.78. The number of nitro groups is 2. The van der Waals surface area contributed by atoms with Crippen LogP contribution in [0, 0.1) is 43.9 Å². The SMILES string of the molecule is C=CCOC12Oc3ccc(Oc4cccc([N+](=O)[O-])c4)cc3C3C(CCCCO)C(CCCCO)C=C(C(=NOCc4ccc([N+](=O)[O-])cc4)CC1N(CCC)C(=O)C1CC1)C32. The number of aliphatic hydroxyl groups excluding tert-OH is 2. The zero-order chi connectivity index (χ0) is 43.8. The number of hydrogen-bond acceptors (Lipinski definition) is 12. The van der Waals surface area contributed by atoms with Crippen LogP contribution in [0.3, 0.4) is 0 Å². The highest BCUT2D eigenvalue weighted by molar-refractivity contribution is 6.03. The van der Waals surface area contributed by atoms with Gasteiger partial charge in [-0.05, 0) is 104 Å². The van der Waals surface area contributed by atoms with Crippen molar-refractivity contribution in [1.29, 1.82) is 0 Å². The topological polar surface area (TPSA) is 196 Å². The van der Waals surface area contributed by atoms with Crippen molar-refractivity contribution in [1.82, 2.24) is 4.90 Å². The molecule has 4 aliphatic rings. The van der Waals surface area contributed by atoms with Gasteiger partial charge in [-0.3, -0.25) is 25.0 Å². The Bertz CT molecular complexity index is 2160. The van der Waals surface area contributed by atoms with Gasteiger partial charge in [-0.1, -0.05) is 43.1 Å². The van der Waals surface area contributed by atoms with Gasteiger partial charge in [-0.25, -0.2) is 0 Å². The zero-order valence-electron chi connectivity index (χ0n) is 35.1. The third-order valence-electron chi connectivity index (χ3n) is 12.5. The molecule has 0 saturated heterocycles. The first kappa shape index (κ1) is 44.4. The summed E-state index contributed by atoms with van der Waals surface area (Å²) >= 11 is 0. The number of carbonyl (C=O) groups is 1. The number of fused-ring (bicyclic) bond motifs is 2. The summed E-state index contributed by atoms with van der Waals surface area (Å²) in [6.45, 7) is 6.79. The van der Waals surface area contributed by atoms with Gasteiger partial charge in [0.25, 0.3) is 11.4 Å². The number of unbranched alkanes of at least 4 members (excludes halogenated alkanes) is 2. The fourth-order valence-corrected chi connectivity index (χ4v) is 9.63. The summed E-state index contributed by atoms with van der Waals surface area (Å²) in [5.41, 5.74) is 2.93. The van der Waals surface area contributed by atoms with Gasteiger partial charge in [0.1, 0.15) is 29.9 Å². The summed E-state index contributed by atoms with van der Waals surface area (Å²) in [6, 6.07) is 17.1. The Balaban J connectivity index is 1.41. The third-order valence-corrected chi connectivity index (χ3v) is 12.5. The number of amides is 1. The number of nitrogens with zero attached hydrogens (tertiary/aromatic N) is 4. The van der Waals surface area contributed by atoms with Gasteiger partial charge < -0.3 is 34.2 Å². The van der Waals surface area contributed by atoms with E-state index in [4.69, 9.17) is 24.2 Å². The van der Waals surface area contributed by atoms with Crippen LogP contribution in [0.4, 0.5) is 11.4 Å². The van der Waals surface area contributed by atoms with Crippen molar-refractivity contribution < 1.29 is 43.9 Å². The standard InChI is InChI=1S/C47H56N4O11/c1-3-22-49(46(54)32-16-17-32)43-29-41(48-60-30-31-14-18-34(19-15-31)50(55)56)39-26-33(10-5-7-23-52)38(13-6-8-24-53)44-40-28-37(61-36-12-9-11-35(27-36)51(57)58)20-21-42(40)62-47(43,45(39)44)59-25-4-2/h4,9,11-12,14-15,18-21,26-28,32-33,38,43-45,52-53H,2-3,5-8,10,13,16-17,22-25,29-30H2,1H3. The number of hydrogen-bond donors (Lipinski definition) is 2. The first-order valence-electron chi connectivity index (χ1n) is 21.8. The highest BCUT2D eigenvalue weighted by Crippen LogP contribution is 2.62. The molecule has 0 spiro atoms. The van der Waals surface area contributed by atoms with Crippen LogP contribution >= 0.6 is 0 Å². The van der Waals surface area contributed by atoms with Crippen molar-refractivity contribution in [2.75, 3.05) is 26.4 Å². The summed E-state index contributed by atoms with van der Waals surface area (Å²) in [7, 11) is 0. The van der Waals surface area contributed by atoms with Gasteiger partial charge in [0.05, 0.1) is 34.1 Å². The molecule has 330 valence electrons. The van der Waals surface area contributed by atoms with Gasteiger partial charge in [0.15, 0.2) is 0 Å². The largest absolute Gasteiger partial charge is 0.459 e. The molecule has 7 rings (SSSR count). The number of aliphatic hydroxyl groups is 2. The molecule has 3 aromatic rings. The molecule has 2 saturated carbocycles. The minimum absolute atomic E-state index is 0.00263. The van der Waals surface area contributed by atoms with E-state index in [2.05, 4.69) is 12.7 Å². The van der Waals surface area contributed by atoms with Crippen molar-refractivity contribution in [3.8, 4) is 17.2 Å². The van der Waals surface area contributed by atoms with Gasteiger partial charge in [-0.15, -0.1) is 6.58 Å². The molecule has 1 amide bonds. The molecule has 6 unspecified atom stereocenters. The molecule has 0 aromatic heterocycles. The third kappa shape index (κ3) is 9.54. The van der Waals surface area contributed by atoms with Crippen LogP contribution in [0.2, 0.25) is 0 Å². The van der Waals surface area contributed by atoms with E-state index < -0.39 is 27.6 Å². The van der Waals surface area contributed by atoms with Gasteiger partial charge in [0.2, 0.25) is 11.7 Å². The van der Waals surface area contributed by atoms with Crippen LogP contribution in [0.15, 0.2) is 96.2 Å². The van der Waals surface area contributed by atoms with Crippen LogP contribution in [-0.4, -0.2) is 74.8 Å². The van der Waals surface area contributed by atoms with E-state index in [1.807, 2.05) is 24.0 Å². The van der Waals surface area contributed by atoms with E-state index in [0.717, 1.165) is 49.7 Å². The number of non-ortho nitro benzene ring substituents is 2. The molecule has 15 nitrogen and oxygen atoms in total. The Morgan fingerprint density at radius 2 is 1.69 bits per heavy atom. The average Bonchev–Trinajstić information content (AvgIpc) is 4.13. The van der Waals surface area contributed by atoms with Crippen LogP contribution < -0.4 is 9.47 Å². The lowest BCUT2D eigenvalue weighted by Gasteiger charge is -2.60. The number of allylic oxidation sites excluding steroid dienone is 1. The molecule has 15 heteroatoms. The first-order chi connectivity index (χ1) is 30.1. The fourth-order valence-electron chi connectivity index (χ4n) is 9.63. The second-order valence-corrected chi connectivity index (χ2v) is 16.6. The molecule has 2 fully saturated rings. The molecule has 1 aliphatic heterocycles. The normalized spacial score (nSPS) is 24.2. The van der Waals surface area contributed by atoms with E-state index >= 15 is 0 Å². The number of oxime groups is 1. The molecule has 62 heavy (non-hydrogen) atoms. The van der Waals surface area contributed by atoms with Gasteiger partial charge in [0, 0.05) is 61.8 Å². The molecule has 0 bridgehead atoms. The molecule has 2 N–H and O–H groups in total. The molecule has 0 radical (unpaired) electrons. The smallest absolute Gasteiger partial charge is 0.273 e. The van der Waals surface area contributed by atoms with Crippen molar-refractivity contribution in [2.24, 2.45) is 28.8 Å². The monoisotopic (exact) mass is 852 g/mol. The maximum Gasteiger partial charge on any atom is 0.273 e. The minimum Gasteiger partial charge on any atom is -0.459 e. The lowest BCUT2D eigenvalue weighted by atomic mass is 9.55. The Hall–Kier alpha value is -5.64. The van der Waals surface area contributed by atoms with Crippen molar-refractivity contribution in [3.05, 3.63) is 122 Å². The average molecular weight is 853 g/mol. The second kappa shape index (κ2) is 20.0. The lowest BCUT2D eigenvalue weighted by molar-refractivity contribution is -0.385. The van der Waals surface area contributed by atoms with Crippen molar-refractivity contribution in [3.63, 3.8) is 0 Å². The summed E-state index contributed by atoms with van der Waals surface area (Å²) in [5, 5.41) is 47.6. The summed E-state index contributed by atoms with van der Waals surface area (Å²) in [5.74, 6) is -0.964. The van der Waals surface area contributed by atoms with Crippen LogP contribution in [0.1, 0.15) is 88.2 Å². The Morgan fingerprint density at radius 3 is 2.37 bits per heavy atom. The van der Waals surface area contributed by atoms with Gasteiger partial charge >= 0.3 is 0 Å². The van der Waals surface area contributed by atoms with E-state index in [-0.39, 0.29) is 73.8 Å². The molecule has 6 atom stereocenters. The number of benzene rings is 3. The van der Waals surface area contributed by atoms with E-state index in [1.165, 1.54) is 24.3 Å². The summed E-state index contributed by atoms with van der Waals surface area (Å²) < 4.78 is 20.6. The highest BCUT2D eigenvalue weighted by atomic mass is 16.7. The predicted molar refractivity (Wildman–Crippen MR) is 231 cm³/mol. The number of rotatable bonds is 22. The zero-order valence-corrected chi connectivity index (χ0v) is 35.1. The van der Waals surface area contributed by atoms with Crippen LogP contribution in [-0.2, 0) is 21.0 Å². The highest BCUT2D eigenvalue weighted by Gasteiger charge is 2.65. The van der Waals surface area contributed by atoms with Crippen LogP contribution in [0.5, 0.6) is 17.2 Å². The molecule has 1 heterocycles. The minimum atomic E-state index is -1.40. The second-order valence-electron chi connectivity index (χ2n) is 16.6. The Kier molecular flexibility index (Phi) is 14.4. The first-order valence-corrected chi connectivity index (χ1v) is 21.8. The van der Waals surface area contributed by atoms with Crippen LogP contribution in [0.25, 0.3) is 0 Å². The van der Waals surface area contributed by atoms with E-state index in [0.29, 0.717) is 54.3 Å².